The minimum atomic E-state index is -4.37. The van der Waals surface area contributed by atoms with E-state index >= 15 is 0 Å². The van der Waals surface area contributed by atoms with Crippen molar-refractivity contribution in [1.82, 2.24) is 15.1 Å². The molecule has 0 bridgehead atoms. The van der Waals surface area contributed by atoms with Gasteiger partial charge in [0, 0.05) is 10.6 Å². The molecule has 0 aliphatic carbocycles. The van der Waals surface area contributed by atoms with Gasteiger partial charge in [0.2, 0.25) is 5.91 Å². The van der Waals surface area contributed by atoms with Gasteiger partial charge in [-0.1, -0.05) is 79.5 Å². The van der Waals surface area contributed by atoms with Crippen LogP contribution in [0.15, 0.2) is 83.8 Å². The zero-order chi connectivity index (χ0) is 29.7. The van der Waals surface area contributed by atoms with Crippen molar-refractivity contribution >= 4 is 46.3 Å². The summed E-state index contributed by atoms with van der Waals surface area (Å²) in [4.78, 5) is 12.7. The highest BCUT2D eigenvalue weighted by molar-refractivity contribution is 7.87. The zero-order valence-corrected chi connectivity index (χ0v) is 24.6. The standard InChI is InChI=1S/C28H28BCl2N3O6S/c1-18(2)14-27(29(36)37)32-28(35)17-34-24(19-8-4-3-5-9-19)16-23(33-34)21-10-6-7-11-25(21)40-41(38,39)26-15-20(30)12-13-22(26)31/h3-13,15-16,18,27,36-37H,14,17H2,1-2H3,(H,32,35)/t27-/m0/s1. The van der Waals surface area contributed by atoms with Crippen molar-refractivity contribution in [1.29, 1.82) is 0 Å². The van der Waals surface area contributed by atoms with Gasteiger partial charge in [-0.25, -0.2) is 0 Å². The number of nitrogens with zero attached hydrogens (tertiary/aromatic N) is 2. The molecule has 3 N–H and O–H groups in total. The van der Waals surface area contributed by atoms with Crippen LogP contribution in [-0.4, -0.2) is 47.2 Å². The van der Waals surface area contributed by atoms with E-state index in [9.17, 15) is 23.3 Å². The number of halogens is 2. The Hall–Kier alpha value is -3.35. The van der Waals surface area contributed by atoms with Crippen LogP contribution in [0.5, 0.6) is 5.75 Å². The highest BCUT2D eigenvalue weighted by Gasteiger charge is 2.27. The summed E-state index contributed by atoms with van der Waals surface area (Å²) < 4.78 is 33.3. The van der Waals surface area contributed by atoms with Gasteiger partial charge in [-0.05, 0) is 54.3 Å². The van der Waals surface area contributed by atoms with E-state index in [4.69, 9.17) is 27.4 Å². The van der Waals surface area contributed by atoms with E-state index in [1.807, 2.05) is 44.2 Å². The Morgan fingerprint density at radius 1 is 1.02 bits per heavy atom. The first kappa shape index (κ1) is 30.6. The average Bonchev–Trinajstić information content (AvgIpc) is 3.33. The number of carbonyl (C=O) groups is 1. The molecule has 3 aromatic carbocycles. The Balaban J connectivity index is 1.71. The van der Waals surface area contributed by atoms with Gasteiger partial charge < -0.3 is 19.5 Å². The van der Waals surface area contributed by atoms with E-state index in [1.165, 1.54) is 28.9 Å². The highest BCUT2D eigenvalue weighted by atomic mass is 35.5. The Morgan fingerprint density at radius 2 is 1.71 bits per heavy atom. The Bertz CT molecular complexity index is 1630. The second kappa shape index (κ2) is 13.1. The number of nitrogens with one attached hydrogen (secondary N) is 1. The van der Waals surface area contributed by atoms with Crippen molar-refractivity contribution in [2.75, 3.05) is 0 Å². The smallest absolute Gasteiger partial charge is 0.426 e. The third-order valence-corrected chi connectivity index (χ3v) is 8.05. The molecule has 0 saturated heterocycles. The minimum absolute atomic E-state index is 0.00217. The molecular weight excluding hydrogens is 588 g/mol. The number of aromatic nitrogens is 2. The van der Waals surface area contributed by atoms with E-state index in [0.29, 0.717) is 23.4 Å². The van der Waals surface area contributed by atoms with Gasteiger partial charge in [-0.15, -0.1) is 0 Å². The molecule has 0 aliphatic rings. The molecule has 4 rings (SSSR count). The molecular formula is C28H28BCl2N3O6S. The maximum atomic E-state index is 13.1. The largest absolute Gasteiger partial charge is 0.475 e. The summed E-state index contributed by atoms with van der Waals surface area (Å²) in [6.07, 6.45) is 0.370. The van der Waals surface area contributed by atoms with Crippen LogP contribution in [0.3, 0.4) is 0 Å². The molecule has 13 heteroatoms. The third kappa shape index (κ3) is 7.69. The van der Waals surface area contributed by atoms with Crippen LogP contribution < -0.4 is 9.50 Å². The fourth-order valence-electron chi connectivity index (χ4n) is 4.24. The van der Waals surface area contributed by atoms with Crippen molar-refractivity contribution in [3.05, 3.63) is 88.9 Å². The molecule has 4 aromatic rings. The monoisotopic (exact) mass is 615 g/mol. The molecule has 0 radical (unpaired) electrons. The summed E-state index contributed by atoms with van der Waals surface area (Å²) in [7, 11) is -6.09. The van der Waals surface area contributed by atoms with Gasteiger partial charge in [0.25, 0.3) is 0 Å². The first-order valence-corrected chi connectivity index (χ1v) is 14.9. The molecule has 0 spiro atoms. The number of carbonyl (C=O) groups excluding carboxylic acids is 1. The molecule has 1 aromatic heterocycles. The van der Waals surface area contributed by atoms with E-state index in [-0.39, 0.29) is 33.2 Å². The molecule has 0 aliphatic heterocycles. The van der Waals surface area contributed by atoms with Gasteiger partial charge in [-0.3, -0.25) is 9.48 Å². The van der Waals surface area contributed by atoms with Gasteiger partial charge in [0.1, 0.15) is 11.4 Å². The molecule has 0 saturated carbocycles. The molecule has 214 valence electrons. The van der Waals surface area contributed by atoms with Crippen LogP contribution in [0, 0.1) is 5.92 Å². The van der Waals surface area contributed by atoms with E-state index in [2.05, 4.69) is 10.4 Å². The molecule has 0 unspecified atom stereocenters. The van der Waals surface area contributed by atoms with Crippen molar-refractivity contribution in [2.45, 2.75) is 37.6 Å². The van der Waals surface area contributed by atoms with Crippen molar-refractivity contribution in [3.8, 4) is 28.3 Å². The van der Waals surface area contributed by atoms with Crippen LogP contribution in [0.25, 0.3) is 22.5 Å². The highest BCUT2D eigenvalue weighted by Crippen LogP contribution is 2.35. The fourth-order valence-corrected chi connectivity index (χ4v) is 5.93. The lowest BCUT2D eigenvalue weighted by Crippen LogP contribution is -2.48. The van der Waals surface area contributed by atoms with Gasteiger partial charge in [-0.2, -0.15) is 13.5 Å². The predicted octanol–water partition coefficient (Wildman–Crippen LogP) is 4.83. The second-order valence-corrected chi connectivity index (χ2v) is 12.1. The normalized spacial score (nSPS) is 12.3. The lowest BCUT2D eigenvalue weighted by Gasteiger charge is -2.20. The number of benzene rings is 3. The zero-order valence-electron chi connectivity index (χ0n) is 22.2. The summed E-state index contributed by atoms with van der Waals surface area (Å²) in [5.74, 6) is -1.21. The van der Waals surface area contributed by atoms with Crippen LogP contribution >= 0.6 is 23.2 Å². The Kier molecular flexibility index (Phi) is 9.78. The number of amides is 1. The summed E-state index contributed by atoms with van der Waals surface area (Å²) in [6, 6.07) is 21.4. The number of rotatable bonds is 11. The van der Waals surface area contributed by atoms with E-state index in [1.54, 1.807) is 24.3 Å². The molecule has 9 nitrogen and oxygen atoms in total. The fraction of sp³-hybridized carbons (Fsp3) is 0.214. The molecule has 1 amide bonds. The first-order valence-electron chi connectivity index (χ1n) is 12.7. The predicted molar refractivity (Wildman–Crippen MR) is 159 cm³/mol. The number of hydrogen-bond donors (Lipinski definition) is 3. The lowest BCUT2D eigenvalue weighted by molar-refractivity contribution is -0.122. The average molecular weight is 616 g/mol. The minimum Gasteiger partial charge on any atom is -0.426 e. The van der Waals surface area contributed by atoms with Gasteiger partial charge in [0.15, 0.2) is 5.75 Å². The maximum Gasteiger partial charge on any atom is 0.475 e. The summed E-state index contributed by atoms with van der Waals surface area (Å²) >= 11 is 12.1. The number of para-hydroxylation sites is 1. The Morgan fingerprint density at radius 3 is 2.39 bits per heavy atom. The van der Waals surface area contributed by atoms with Crippen LogP contribution in [0.1, 0.15) is 20.3 Å². The first-order chi connectivity index (χ1) is 19.4. The quantitative estimate of drug-likeness (QED) is 0.163. The summed E-state index contributed by atoms with van der Waals surface area (Å²) in [6.45, 7) is 3.59. The van der Waals surface area contributed by atoms with Crippen LogP contribution in [0.2, 0.25) is 10.0 Å². The topological polar surface area (TPSA) is 131 Å². The SMILES string of the molecule is CC(C)C[C@H](NC(=O)Cn1nc(-c2ccccc2OS(=O)(=O)c2cc(Cl)ccc2Cl)cc1-c1ccccc1)B(O)O. The van der Waals surface area contributed by atoms with E-state index in [0.717, 1.165) is 5.56 Å². The lowest BCUT2D eigenvalue weighted by atomic mass is 9.75. The molecule has 0 fully saturated rings. The summed E-state index contributed by atoms with van der Waals surface area (Å²) in [5, 5.41) is 26.9. The van der Waals surface area contributed by atoms with Crippen LogP contribution in [0.4, 0.5) is 0 Å². The van der Waals surface area contributed by atoms with E-state index < -0.39 is 29.1 Å². The molecule has 1 atom stereocenters. The van der Waals surface area contributed by atoms with Gasteiger partial charge >= 0.3 is 17.2 Å². The third-order valence-electron chi connectivity index (χ3n) is 6.10. The Labute approximate surface area is 249 Å². The molecule has 1 heterocycles. The maximum absolute atomic E-state index is 13.1. The molecule has 41 heavy (non-hydrogen) atoms. The second-order valence-electron chi connectivity index (χ2n) is 9.76. The number of hydrogen-bond acceptors (Lipinski definition) is 7. The van der Waals surface area contributed by atoms with Gasteiger partial charge in [0.05, 0.1) is 22.4 Å². The van der Waals surface area contributed by atoms with Crippen molar-refractivity contribution < 1.29 is 27.4 Å². The van der Waals surface area contributed by atoms with Crippen molar-refractivity contribution in [2.24, 2.45) is 5.92 Å². The summed E-state index contributed by atoms with van der Waals surface area (Å²) in [5.41, 5.74) is 2.04. The van der Waals surface area contributed by atoms with Crippen LogP contribution in [-0.2, 0) is 21.5 Å². The van der Waals surface area contributed by atoms with Crippen molar-refractivity contribution in [3.63, 3.8) is 0 Å².